The Bertz CT molecular complexity index is 608. The number of hydrogen-bond donors (Lipinski definition) is 1. The number of anilines is 1. The van der Waals surface area contributed by atoms with Gasteiger partial charge in [-0.05, 0) is 43.1 Å². The molecule has 2 rings (SSSR count). The summed E-state index contributed by atoms with van der Waals surface area (Å²) in [5.41, 5.74) is -0.102. The number of alkyl halides is 3. The first-order valence-electron chi connectivity index (χ1n) is 5.43. The molecule has 4 nitrogen and oxygen atoms in total. The summed E-state index contributed by atoms with van der Waals surface area (Å²) >= 11 is 1.05. The number of nitrogens with one attached hydrogen (secondary N) is 1. The molecule has 0 aliphatic heterocycles. The fourth-order valence-corrected chi connectivity index (χ4v) is 2.14. The highest BCUT2D eigenvalue weighted by atomic mass is 32.2. The summed E-state index contributed by atoms with van der Waals surface area (Å²) in [7, 11) is 0. The summed E-state index contributed by atoms with van der Waals surface area (Å²) in [4.78, 5) is 11.2. The van der Waals surface area contributed by atoms with E-state index in [0.717, 1.165) is 24.1 Å². The molecule has 0 aliphatic carbocycles. The van der Waals surface area contributed by atoms with E-state index in [9.17, 15) is 18.0 Å². The molecule has 1 aromatic heterocycles. The minimum Gasteiger partial charge on any atom is -0.360 e. The van der Waals surface area contributed by atoms with Crippen molar-refractivity contribution in [3.8, 4) is 0 Å². The van der Waals surface area contributed by atoms with Crippen molar-refractivity contribution < 1.29 is 22.5 Å². The lowest BCUT2D eigenvalue weighted by Crippen LogP contribution is -2.04. The van der Waals surface area contributed by atoms with Crippen LogP contribution in [0.25, 0.3) is 0 Å². The minimum atomic E-state index is -4.36. The van der Waals surface area contributed by atoms with Crippen molar-refractivity contribution >= 4 is 23.9 Å². The molecule has 0 aliphatic rings. The molecular formula is C12H9F3N2O2S. The SMILES string of the molecule is Cc1onc(C=O)c1SNc1ccc(C(F)(F)F)cc1. The molecule has 2 aromatic rings. The standard InChI is InChI=1S/C12H9F3N2O2S/c1-7-11(10(6-18)16-19-7)20-17-9-4-2-8(3-5-9)12(13,14)15/h2-6,17H,1H3. The zero-order chi connectivity index (χ0) is 14.8. The van der Waals surface area contributed by atoms with Crippen LogP contribution in [0.2, 0.25) is 0 Å². The van der Waals surface area contributed by atoms with Crippen LogP contribution in [0.15, 0.2) is 33.7 Å². The van der Waals surface area contributed by atoms with Crippen LogP contribution in [0.1, 0.15) is 21.8 Å². The van der Waals surface area contributed by atoms with Crippen molar-refractivity contribution in [2.75, 3.05) is 4.72 Å². The van der Waals surface area contributed by atoms with E-state index in [1.807, 2.05) is 0 Å². The average molecular weight is 302 g/mol. The molecule has 1 aromatic carbocycles. The Morgan fingerprint density at radius 1 is 1.30 bits per heavy atom. The van der Waals surface area contributed by atoms with Gasteiger partial charge >= 0.3 is 6.18 Å². The number of hydrogen-bond acceptors (Lipinski definition) is 5. The zero-order valence-corrected chi connectivity index (χ0v) is 11.0. The monoisotopic (exact) mass is 302 g/mol. The first-order valence-corrected chi connectivity index (χ1v) is 6.25. The highest BCUT2D eigenvalue weighted by Gasteiger charge is 2.29. The van der Waals surface area contributed by atoms with Crippen molar-refractivity contribution in [2.45, 2.75) is 18.0 Å². The molecule has 0 bridgehead atoms. The van der Waals surface area contributed by atoms with E-state index >= 15 is 0 Å². The molecule has 0 amide bonds. The Balaban J connectivity index is 2.08. The van der Waals surface area contributed by atoms with E-state index in [1.54, 1.807) is 6.92 Å². The van der Waals surface area contributed by atoms with Gasteiger partial charge in [0.25, 0.3) is 0 Å². The van der Waals surface area contributed by atoms with Crippen molar-refractivity contribution in [2.24, 2.45) is 0 Å². The van der Waals surface area contributed by atoms with Crippen LogP contribution in [0.3, 0.4) is 0 Å². The maximum Gasteiger partial charge on any atom is 0.416 e. The van der Waals surface area contributed by atoms with Crippen LogP contribution >= 0.6 is 11.9 Å². The topological polar surface area (TPSA) is 55.1 Å². The third-order valence-corrected chi connectivity index (χ3v) is 3.47. The van der Waals surface area contributed by atoms with E-state index in [0.29, 0.717) is 22.6 Å². The first-order chi connectivity index (χ1) is 9.41. The van der Waals surface area contributed by atoms with Crippen LogP contribution in [-0.4, -0.2) is 11.4 Å². The number of aromatic nitrogens is 1. The lowest BCUT2D eigenvalue weighted by molar-refractivity contribution is -0.137. The van der Waals surface area contributed by atoms with Gasteiger partial charge in [-0.15, -0.1) is 0 Å². The summed E-state index contributed by atoms with van der Waals surface area (Å²) in [6.45, 7) is 1.64. The van der Waals surface area contributed by atoms with Gasteiger partial charge in [-0.2, -0.15) is 13.2 Å². The summed E-state index contributed by atoms with van der Waals surface area (Å²) in [6.07, 6.45) is -3.81. The lowest BCUT2D eigenvalue weighted by Gasteiger charge is -2.08. The van der Waals surface area contributed by atoms with Crippen LogP contribution in [0.4, 0.5) is 18.9 Å². The summed E-state index contributed by atoms with van der Waals surface area (Å²) < 4.78 is 44.9. The number of benzene rings is 1. The van der Waals surface area contributed by atoms with E-state index in [4.69, 9.17) is 4.52 Å². The molecule has 106 valence electrons. The Kier molecular flexibility index (Phi) is 4.03. The van der Waals surface area contributed by atoms with Gasteiger partial charge in [0.05, 0.1) is 5.56 Å². The van der Waals surface area contributed by atoms with Crippen LogP contribution in [0, 0.1) is 6.92 Å². The lowest BCUT2D eigenvalue weighted by atomic mass is 10.2. The van der Waals surface area contributed by atoms with E-state index in [2.05, 4.69) is 9.88 Å². The second-order valence-corrected chi connectivity index (χ2v) is 4.67. The Morgan fingerprint density at radius 3 is 2.50 bits per heavy atom. The van der Waals surface area contributed by atoms with Gasteiger partial charge in [-0.3, -0.25) is 4.79 Å². The molecule has 0 unspecified atom stereocenters. The number of nitrogens with zero attached hydrogens (tertiary/aromatic N) is 1. The largest absolute Gasteiger partial charge is 0.416 e. The molecule has 0 fully saturated rings. The second kappa shape index (κ2) is 5.58. The first kappa shape index (κ1) is 14.4. The van der Waals surface area contributed by atoms with Gasteiger partial charge in [0.1, 0.15) is 10.7 Å². The quantitative estimate of drug-likeness (QED) is 0.685. The number of carbonyl (C=O) groups is 1. The van der Waals surface area contributed by atoms with E-state index in [1.165, 1.54) is 12.1 Å². The maximum absolute atomic E-state index is 12.4. The molecule has 0 spiro atoms. The molecular weight excluding hydrogens is 293 g/mol. The van der Waals surface area contributed by atoms with Crippen molar-refractivity contribution in [3.05, 3.63) is 41.3 Å². The molecule has 8 heteroatoms. The Morgan fingerprint density at radius 2 is 1.95 bits per heavy atom. The number of halogens is 3. The van der Waals surface area contributed by atoms with Gasteiger partial charge in [-0.1, -0.05) is 5.16 Å². The number of carbonyl (C=O) groups excluding carboxylic acids is 1. The van der Waals surface area contributed by atoms with Crippen molar-refractivity contribution in [1.82, 2.24) is 5.16 Å². The smallest absolute Gasteiger partial charge is 0.360 e. The number of aldehydes is 1. The molecule has 20 heavy (non-hydrogen) atoms. The van der Waals surface area contributed by atoms with E-state index in [-0.39, 0.29) is 5.69 Å². The highest BCUT2D eigenvalue weighted by molar-refractivity contribution is 8.00. The van der Waals surface area contributed by atoms with Crippen LogP contribution < -0.4 is 4.72 Å². The molecule has 0 saturated heterocycles. The maximum atomic E-state index is 12.4. The number of aryl methyl sites for hydroxylation is 1. The molecule has 0 atom stereocenters. The third-order valence-electron chi connectivity index (χ3n) is 2.43. The van der Waals surface area contributed by atoms with Gasteiger partial charge in [-0.25, -0.2) is 0 Å². The zero-order valence-electron chi connectivity index (χ0n) is 10.2. The fourth-order valence-electron chi connectivity index (χ4n) is 1.42. The molecule has 1 heterocycles. The fraction of sp³-hybridized carbons (Fsp3) is 0.167. The predicted molar refractivity (Wildman–Crippen MR) is 67.6 cm³/mol. The third kappa shape index (κ3) is 3.13. The van der Waals surface area contributed by atoms with Crippen LogP contribution in [-0.2, 0) is 6.18 Å². The highest BCUT2D eigenvalue weighted by Crippen LogP contribution is 2.31. The normalized spacial score (nSPS) is 11.4. The van der Waals surface area contributed by atoms with Gasteiger partial charge in [0, 0.05) is 5.69 Å². The predicted octanol–water partition coefficient (Wildman–Crippen LogP) is 3.93. The van der Waals surface area contributed by atoms with Gasteiger partial charge in [0.2, 0.25) is 0 Å². The number of rotatable bonds is 4. The minimum absolute atomic E-state index is 0.145. The Labute approximate surface area is 116 Å². The summed E-state index contributed by atoms with van der Waals surface area (Å²) in [5, 5.41) is 3.54. The summed E-state index contributed by atoms with van der Waals surface area (Å²) in [5.74, 6) is 0.455. The molecule has 0 radical (unpaired) electrons. The summed E-state index contributed by atoms with van der Waals surface area (Å²) in [6, 6.07) is 4.56. The van der Waals surface area contributed by atoms with Crippen LogP contribution in [0.5, 0.6) is 0 Å². The molecule has 1 N–H and O–H groups in total. The van der Waals surface area contributed by atoms with E-state index < -0.39 is 11.7 Å². The second-order valence-electron chi connectivity index (χ2n) is 3.85. The van der Waals surface area contributed by atoms with Gasteiger partial charge < -0.3 is 9.25 Å². The van der Waals surface area contributed by atoms with Gasteiger partial charge in [0.15, 0.2) is 12.0 Å². The van der Waals surface area contributed by atoms with Crippen molar-refractivity contribution in [3.63, 3.8) is 0 Å². The average Bonchev–Trinajstić information content (AvgIpc) is 2.76. The molecule has 0 saturated carbocycles. The van der Waals surface area contributed by atoms with Crippen molar-refractivity contribution in [1.29, 1.82) is 0 Å². The Hall–Kier alpha value is -1.96.